The summed E-state index contributed by atoms with van der Waals surface area (Å²) in [6.07, 6.45) is 7.15. The van der Waals surface area contributed by atoms with Crippen LogP contribution in [0.1, 0.15) is 73.1 Å². The molecule has 0 aliphatic heterocycles. The minimum atomic E-state index is -2.90. The molecule has 1 aromatic rings. The summed E-state index contributed by atoms with van der Waals surface area (Å²) in [4.78, 5) is 0. The summed E-state index contributed by atoms with van der Waals surface area (Å²) in [6.45, 7) is 10.7. The van der Waals surface area contributed by atoms with E-state index in [2.05, 4.69) is 20.8 Å². The van der Waals surface area contributed by atoms with Gasteiger partial charge in [0.05, 0.1) is 0 Å². The van der Waals surface area contributed by atoms with Crippen LogP contribution in [-0.4, -0.2) is 24.5 Å². The number of rotatable bonds is 12. The number of halogens is 2. The van der Waals surface area contributed by atoms with E-state index in [1.54, 1.807) is 0 Å². The third-order valence-electron chi connectivity index (χ3n) is 4.94. The fourth-order valence-corrected chi connectivity index (χ4v) is 20.5. The van der Waals surface area contributed by atoms with E-state index in [9.17, 15) is 0 Å². The summed E-state index contributed by atoms with van der Waals surface area (Å²) in [5, 5.41) is 0.443. The molecule has 1 rings (SSSR count). The molecule has 0 aliphatic rings. The molecule has 0 N–H and O–H groups in total. The van der Waals surface area contributed by atoms with Gasteiger partial charge in [-0.25, -0.2) is 0 Å². The summed E-state index contributed by atoms with van der Waals surface area (Å²) in [5.41, 5.74) is 0. The van der Waals surface area contributed by atoms with Crippen molar-refractivity contribution in [2.45, 2.75) is 92.6 Å². The SMILES string of the molecule is CCC[CH2][Sn]([CH2]CCC)([CH2]CCC)[c]1c(F)cc(Cl)cc1OC(C)C. The molecule has 0 saturated carbocycles. The molecule has 0 unspecified atom stereocenters. The van der Waals surface area contributed by atoms with Crippen LogP contribution < -0.4 is 8.32 Å². The summed E-state index contributed by atoms with van der Waals surface area (Å²) in [7, 11) is 0. The summed E-state index contributed by atoms with van der Waals surface area (Å²) in [5.74, 6) is 0.626. The summed E-state index contributed by atoms with van der Waals surface area (Å²) in [6, 6.07) is 3.37. The zero-order chi connectivity index (χ0) is 18.9. The third kappa shape index (κ3) is 6.93. The number of unbranched alkanes of at least 4 members (excludes halogenated alkanes) is 3. The molecule has 144 valence electrons. The molecular formula is C21H36ClFOSn. The van der Waals surface area contributed by atoms with Crippen LogP contribution in [0.25, 0.3) is 0 Å². The van der Waals surface area contributed by atoms with Gasteiger partial charge in [-0.2, -0.15) is 0 Å². The van der Waals surface area contributed by atoms with E-state index in [1.165, 1.54) is 57.9 Å². The van der Waals surface area contributed by atoms with Crippen molar-refractivity contribution in [1.29, 1.82) is 0 Å². The Hall–Kier alpha value is 0.0387. The van der Waals surface area contributed by atoms with Crippen molar-refractivity contribution in [2.24, 2.45) is 0 Å². The summed E-state index contributed by atoms with van der Waals surface area (Å²) < 4.78 is 25.9. The van der Waals surface area contributed by atoms with E-state index in [4.69, 9.17) is 16.3 Å². The molecule has 0 aliphatic carbocycles. The van der Waals surface area contributed by atoms with E-state index in [0.29, 0.717) is 5.02 Å². The molecule has 0 aromatic heterocycles. The van der Waals surface area contributed by atoms with Crippen LogP contribution in [0.5, 0.6) is 5.75 Å². The zero-order valence-corrected chi connectivity index (χ0v) is 20.4. The Balaban J connectivity index is 3.47. The average molecular weight is 478 g/mol. The number of hydrogen-bond donors (Lipinski definition) is 0. The third-order valence-corrected chi connectivity index (χ3v) is 20.8. The molecule has 0 saturated heterocycles. The number of benzene rings is 1. The van der Waals surface area contributed by atoms with Crippen molar-refractivity contribution in [3.8, 4) is 5.75 Å². The second-order valence-electron chi connectivity index (χ2n) is 7.52. The van der Waals surface area contributed by atoms with E-state index in [1.807, 2.05) is 19.9 Å². The molecule has 1 nitrogen and oxygen atoms in total. The number of ether oxygens (including phenoxy) is 1. The van der Waals surface area contributed by atoms with Gasteiger partial charge in [-0.05, 0) is 0 Å². The normalized spacial score (nSPS) is 12.0. The zero-order valence-electron chi connectivity index (χ0n) is 16.8. The molecule has 0 spiro atoms. The maximum absolute atomic E-state index is 15.2. The van der Waals surface area contributed by atoms with Gasteiger partial charge >= 0.3 is 164 Å². The summed E-state index contributed by atoms with van der Waals surface area (Å²) >= 11 is 3.27. The minimum absolute atomic E-state index is 0.0316. The fourth-order valence-electron chi connectivity index (χ4n) is 3.71. The van der Waals surface area contributed by atoms with Crippen LogP contribution in [0.4, 0.5) is 4.39 Å². The first-order valence-corrected chi connectivity index (χ1v) is 17.9. The molecule has 0 atom stereocenters. The standard InChI is InChI=1S/C9H9ClFO.3C4H9.Sn/c1-6(2)12-9-4-7(10)3-8(11)5-9;3*1-3-4-2;/h3-4,6H,1-2H3;3*1,3-4H2,2H3;. The average Bonchev–Trinajstić information content (AvgIpc) is 2.54. The Morgan fingerprint density at radius 3 is 1.84 bits per heavy atom. The molecule has 25 heavy (non-hydrogen) atoms. The fraction of sp³-hybridized carbons (Fsp3) is 0.714. The van der Waals surface area contributed by atoms with Gasteiger partial charge in [0, 0.05) is 0 Å². The van der Waals surface area contributed by atoms with Crippen molar-refractivity contribution in [1.82, 2.24) is 0 Å². The predicted molar refractivity (Wildman–Crippen MR) is 112 cm³/mol. The quantitative estimate of drug-likeness (QED) is 0.287. The molecular weight excluding hydrogens is 441 g/mol. The molecule has 4 heteroatoms. The monoisotopic (exact) mass is 478 g/mol. The molecule has 0 amide bonds. The Labute approximate surface area is 163 Å². The Bertz CT molecular complexity index is 497. The van der Waals surface area contributed by atoms with Crippen molar-refractivity contribution < 1.29 is 9.13 Å². The van der Waals surface area contributed by atoms with Gasteiger partial charge in [-0.15, -0.1) is 0 Å². The van der Waals surface area contributed by atoms with Gasteiger partial charge in [0.25, 0.3) is 0 Å². The van der Waals surface area contributed by atoms with Gasteiger partial charge in [0.1, 0.15) is 0 Å². The van der Waals surface area contributed by atoms with Crippen LogP contribution >= 0.6 is 11.6 Å². The second-order valence-corrected chi connectivity index (χ2v) is 21.0. The van der Waals surface area contributed by atoms with E-state index in [-0.39, 0.29) is 11.9 Å². The Kier molecular flexibility index (Phi) is 10.8. The van der Waals surface area contributed by atoms with Crippen LogP contribution in [0.2, 0.25) is 18.3 Å². The second kappa shape index (κ2) is 11.7. The Morgan fingerprint density at radius 2 is 1.44 bits per heavy atom. The first-order valence-electron chi connectivity index (χ1n) is 10.1. The van der Waals surface area contributed by atoms with Crippen LogP contribution in [0.3, 0.4) is 0 Å². The van der Waals surface area contributed by atoms with E-state index in [0.717, 1.165) is 9.33 Å². The van der Waals surface area contributed by atoms with Crippen molar-refractivity contribution in [3.63, 3.8) is 0 Å². The molecule has 0 bridgehead atoms. The molecule has 0 heterocycles. The first kappa shape index (κ1) is 23.1. The molecule has 0 fully saturated rings. The first-order chi connectivity index (χ1) is 11.9. The maximum atomic E-state index is 15.2. The van der Waals surface area contributed by atoms with Crippen LogP contribution in [0, 0.1) is 5.82 Å². The van der Waals surface area contributed by atoms with Gasteiger partial charge in [-0.3, -0.25) is 0 Å². The van der Waals surface area contributed by atoms with Crippen LogP contribution in [-0.2, 0) is 0 Å². The van der Waals surface area contributed by atoms with Gasteiger partial charge in [-0.1, -0.05) is 0 Å². The molecule has 1 aromatic carbocycles. The van der Waals surface area contributed by atoms with Crippen molar-refractivity contribution >= 4 is 33.6 Å². The van der Waals surface area contributed by atoms with Crippen molar-refractivity contribution in [2.75, 3.05) is 0 Å². The molecule has 0 radical (unpaired) electrons. The van der Waals surface area contributed by atoms with E-state index >= 15 is 4.39 Å². The topological polar surface area (TPSA) is 9.23 Å². The van der Waals surface area contributed by atoms with Gasteiger partial charge < -0.3 is 0 Å². The number of hydrogen-bond acceptors (Lipinski definition) is 1. The van der Waals surface area contributed by atoms with Gasteiger partial charge in [0.2, 0.25) is 0 Å². The van der Waals surface area contributed by atoms with Crippen molar-refractivity contribution in [3.05, 3.63) is 23.0 Å². The van der Waals surface area contributed by atoms with Gasteiger partial charge in [0.15, 0.2) is 0 Å². The predicted octanol–water partition coefficient (Wildman–Crippen LogP) is 7.32. The Morgan fingerprint density at radius 1 is 0.960 bits per heavy atom. The van der Waals surface area contributed by atoms with E-state index < -0.39 is 18.4 Å². The van der Waals surface area contributed by atoms with Crippen LogP contribution in [0.15, 0.2) is 12.1 Å².